The van der Waals surface area contributed by atoms with E-state index in [1.807, 2.05) is 0 Å². The normalized spacial score (nSPS) is 13.4. The van der Waals surface area contributed by atoms with Gasteiger partial charge in [-0.2, -0.15) is 0 Å². The van der Waals surface area contributed by atoms with Crippen molar-refractivity contribution in [3.05, 3.63) is 0 Å². The highest BCUT2D eigenvalue weighted by Gasteiger charge is 1.98. The van der Waals surface area contributed by atoms with Gasteiger partial charge in [-0.05, 0) is 13.3 Å². The van der Waals surface area contributed by atoms with Crippen molar-refractivity contribution in [2.45, 2.75) is 52.1 Å². The molecule has 0 aliphatic carbocycles. The van der Waals surface area contributed by atoms with Gasteiger partial charge in [-0.25, -0.2) is 0 Å². The largest absolute Gasteiger partial charge is 0.364 e. The summed E-state index contributed by atoms with van der Waals surface area (Å²) in [7, 11) is 0. The number of ether oxygens (including phenoxy) is 1. The molecule has 0 aromatic heterocycles. The average molecular weight is 159 g/mol. The molecule has 1 atom stereocenters. The summed E-state index contributed by atoms with van der Waals surface area (Å²) in [5, 5.41) is 0. The van der Waals surface area contributed by atoms with Crippen molar-refractivity contribution in [1.82, 2.24) is 0 Å². The van der Waals surface area contributed by atoms with Gasteiger partial charge in [0.05, 0.1) is 12.8 Å². The Hall–Kier alpha value is -0.0800. The minimum absolute atomic E-state index is 0.344. The molecule has 0 aliphatic heterocycles. The maximum atomic E-state index is 5.24. The van der Waals surface area contributed by atoms with E-state index in [9.17, 15) is 0 Å². The van der Waals surface area contributed by atoms with Crippen molar-refractivity contribution < 1.29 is 4.74 Å². The Morgan fingerprint density at radius 1 is 1.27 bits per heavy atom. The second-order valence-corrected chi connectivity index (χ2v) is 2.99. The maximum Gasteiger partial charge on any atom is 0.0943 e. The van der Waals surface area contributed by atoms with Crippen LogP contribution in [0.2, 0.25) is 0 Å². The van der Waals surface area contributed by atoms with Crippen LogP contribution in [0.25, 0.3) is 0 Å². The van der Waals surface area contributed by atoms with E-state index in [1.54, 1.807) is 0 Å². The fourth-order valence-electron chi connectivity index (χ4n) is 1.11. The third kappa shape index (κ3) is 7.82. The maximum absolute atomic E-state index is 5.24. The van der Waals surface area contributed by atoms with E-state index in [2.05, 4.69) is 13.8 Å². The Morgan fingerprint density at radius 2 is 2.00 bits per heavy atom. The van der Waals surface area contributed by atoms with Gasteiger partial charge in [-0.1, -0.05) is 32.6 Å². The minimum Gasteiger partial charge on any atom is -0.364 e. The molecule has 0 saturated carbocycles. The Morgan fingerprint density at radius 3 is 2.55 bits per heavy atom. The molecule has 0 amide bonds. The first-order valence-corrected chi connectivity index (χ1v) is 4.63. The molecular weight excluding hydrogens is 138 g/mol. The summed E-state index contributed by atoms with van der Waals surface area (Å²) >= 11 is 0. The third-order valence-corrected chi connectivity index (χ3v) is 1.84. The van der Waals surface area contributed by atoms with Crippen LogP contribution >= 0.6 is 0 Å². The molecule has 0 bridgehead atoms. The molecule has 2 heteroatoms. The molecule has 0 radical (unpaired) electrons. The molecule has 0 heterocycles. The molecule has 0 aromatic rings. The topological polar surface area (TPSA) is 35.2 Å². The molecular formula is C9H21NO. The van der Waals surface area contributed by atoms with Gasteiger partial charge >= 0.3 is 0 Å². The van der Waals surface area contributed by atoms with E-state index >= 15 is 0 Å². The van der Waals surface area contributed by atoms with Crippen LogP contribution in [0.1, 0.15) is 46.0 Å². The zero-order valence-electron chi connectivity index (χ0n) is 7.81. The van der Waals surface area contributed by atoms with Gasteiger partial charge in [0, 0.05) is 0 Å². The Labute approximate surface area is 70.1 Å². The summed E-state index contributed by atoms with van der Waals surface area (Å²) < 4.78 is 5.20. The second-order valence-electron chi connectivity index (χ2n) is 2.99. The SMILES string of the molecule is CCCCCCC(C)OCN. The standard InChI is InChI=1S/C9H21NO/c1-3-4-5-6-7-9(2)11-8-10/h9H,3-8,10H2,1-2H3. The fraction of sp³-hybridized carbons (Fsp3) is 1.00. The predicted molar refractivity (Wildman–Crippen MR) is 48.4 cm³/mol. The molecule has 0 aromatic carbocycles. The van der Waals surface area contributed by atoms with E-state index in [0.29, 0.717) is 12.8 Å². The molecule has 2 N–H and O–H groups in total. The number of hydrogen-bond donors (Lipinski definition) is 1. The van der Waals surface area contributed by atoms with Crippen LogP contribution in [0.4, 0.5) is 0 Å². The summed E-state index contributed by atoms with van der Waals surface area (Å²) in [6.07, 6.45) is 6.74. The number of hydrogen-bond acceptors (Lipinski definition) is 2. The van der Waals surface area contributed by atoms with Crippen molar-refractivity contribution in [2.75, 3.05) is 6.73 Å². The summed E-state index contributed by atoms with van der Waals surface area (Å²) in [5.41, 5.74) is 5.24. The van der Waals surface area contributed by atoms with Crippen LogP contribution in [0.5, 0.6) is 0 Å². The van der Waals surface area contributed by atoms with E-state index in [4.69, 9.17) is 10.5 Å². The smallest absolute Gasteiger partial charge is 0.0943 e. The highest BCUT2D eigenvalue weighted by Crippen LogP contribution is 2.06. The Balaban J connectivity index is 2.97. The van der Waals surface area contributed by atoms with Gasteiger partial charge in [-0.15, -0.1) is 0 Å². The molecule has 2 nitrogen and oxygen atoms in total. The highest BCUT2D eigenvalue weighted by molar-refractivity contribution is 4.50. The van der Waals surface area contributed by atoms with Crippen LogP contribution in [0, 0.1) is 0 Å². The van der Waals surface area contributed by atoms with E-state index in [1.165, 1.54) is 25.7 Å². The zero-order chi connectivity index (χ0) is 8.53. The lowest BCUT2D eigenvalue weighted by atomic mass is 10.1. The first-order valence-electron chi connectivity index (χ1n) is 4.63. The fourth-order valence-corrected chi connectivity index (χ4v) is 1.11. The lowest BCUT2D eigenvalue weighted by Crippen LogP contribution is -2.14. The first-order chi connectivity index (χ1) is 5.31. The molecule has 0 spiro atoms. The summed E-state index contributed by atoms with van der Waals surface area (Å²) in [4.78, 5) is 0. The molecule has 0 saturated heterocycles. The lowest BCUT2D eigenvalue weighted by Gasteiger charge is -2.09. The quantitative estimate of drug-likeness (QED) is 0.457. The minimum atomic E-state index is 0.344. The van der Waals surface area contributed by atoms with Crippen molar-refractivity contribution in [2.24, 2.45) is 5.73 Å². The van der Waals surface area contributed by atoms with Crippen LogP contribution in [0.15, 0.2) is 0 Å². The highest BCUT2D eigenvalue weighted by atomic mass is 16.5. The van der Waals surface area contributed by atoms with Crippen LogP contribution in [-0.2, 0) is 4.74 Å². The molecule has 11 heavy (non-hydrogen) atoms. The number of unbranched alkanes of at least 4 members (excludes halogenated alkanes) is 3. The molecule has 68 valence electrons. The predicted octanol–water partition coefficient (Wildman–Crippen LogP) is 2.28. The average Bonchev–Trinajstić information content (AvgIpc) is 1.99. The van der Waals surface area contributed by atoms with Gasteiger partial charge in [0.2, 0.25) is 0 Å². The van der Waals surface area contributed by atoms with Crippen molar-refractivity contribution in [1.29, 1.82) is 0 Å². The van der Waals surface area contributed by atoms with Crippen molar-refractivity contribution in [3.63, 3.8) is 0 Å². The Kier molecular flexibility index (Phi) is 7.96. The second kappa shape index (κ2) is 8.02. The lowest BCUT2D eigenvalue weighted by molar-refractivity contribution is 0.0633. The molecule has 0 rings (SSSR count). The Bertz CT molecular complexity index is 76.0. The molecule has 0 fully saturated rings. The van der Waals surface area contributed by atoms with E-state index < -0.39 is 0 Å². The molecule has 0 aliphatic rings. The van der Waals surface area contributed by atoms with Crippen molar-refractivity contribution >= 4 is 0 Å². The van der Waals surface area contributed by atoms with Crippen molar-refractivity contribution in [3.8, 4) is 0 Å². The summed E-state index contributed by atoms with van der Waals surface area (Å²) in [5.74, 6) is 0. The van der Waals surface area contributed by atoms with Gasteiger partial charge < -0.3 is 10.5 Å². The zero-order valence-corrected chi connectivity index (χ0v) is 7.81. The molecule has 1 unspecified atom stereocenters. The van der Waals surface area contributed by atoms with Gasteiger partial charge in [0.25, 0.3) is 0 Å². The van der Waals surface area contributed by atoms with E-state index in [-0.39, 0.29) is 0 Å². The summed E-state index contributed by atoms with van der Waals surface area (Å²) in [6.45, 7) is 4.66. The number of nitrogens with two attached hydrogens (primary N) is 1. The van der Waals surface area contributed by atoms with E-state index in [0.717, 1.165) is 6.42 Å². The van der Waals surface area contributed by atoms with Gasteiger partial charge in [0.15, 0.2) is 0 Å². The first kappa shape index (κ1) is 10.9. The van der Waals surface area contributed by atoms with Crippen LogP contribution in [0.3, 0.4) is 0 Å². The van der Waals surface area contributed by atoms with Gasteiger partial charge in [-0.3, -0.25) is 0 Å². The number of rotatable bonds is 7. The summed E-state index contributed by atoms with van der Waals surface area (Å²) in [6, 6.07) is 0. The monoisotopic (exact) mass is 159 g/mol. The van der Waals surface area contributed by atoms with Crippen LogP contribution < -0.4 is 5.73 Å². The van der Waals surface area contributed by atoms with Gasteiger partial charge in [0.1, 0.15) is 0 Å². The van der Waals surface area contributed by atoms with Crippen LogP contribution in [-0.4, -0.2) is 12.8 Å². The third-order valence-electron chi connectivity index (χ3n) is 1.84.